The first kappa shape index (κ1) is 6.40. The van der Waals surface area contributed by atoms with Crippen molar-refractivity contribution in [2.24, 2.45) is 0 Å². The van der Waals surface area contributed by atoms with E-state index in [2.05, 4.69) is 11.9 Å². The Morgan fingerprint density at radius 1 is 1.27 bits per heavy atom. The Hall–Kier alpha value is -0.120. The van der Waals surface area contributed by atoms with E-state index in [-0.39, 0.29) is 6.10 Å². The molecule has 3 heterocycles. The average Bonchev–Trinajstić information content (AvgIpc) is 2.66. The maximum atomic E-state index is 9.46. The van der Waals surface area contributed by atoms with Crippen LogP contribution in [0.3, 0.4) is 0 Å². The smallest absolute Gasteiger partial charge is 0.101 e. The van der Waals surface area contributed by atoms with E-state index in [1.165, 1.54) is 0 Å². The largest absolute Gasteiger partial charge is 0.393 e. The average molecular weight is 155 g/mol. The molecule has 3 fully saturated rings. The van der Waals surface area contributed by atoms with Gasteiger partial charge in [-0.3, -0.25) is 4.90 Å². The maximum Gasteiger partial charge on any atom is 0.101 e. The lowest BCUT2D eigenvalue weighted by molar-refractivity contribution is 0.00149. The summed E-state index contributed by atoms with van der Waals surface area (Å²) >= 11 is 0. The molecule has 3 aliphatic heterocycles. The van der Waals surface area contributed by atoms with Gasteiger partial charge in [0.2, 0.25) is 0 Å². The Balaban J connectivity index is 1.90. The molecule has 0 aromatic rings. The molecule has 0 spiro atoms. The van der Waals surface area contributed by atoms with E-state index in [0.29, 0.717) is 24.3 Å². The van der Waals surface area contributed by atoms with Crippen LogP contribution in [-0.4, -0.2) is 47.4 Å². The van der Waals surface area contributed by atoms with Gasteiger partial charge in [0.15, 0.2) is 0 Å². The van der Waals surface area contributed by atoms with Crippen LogP contribution in [0.5, 0.6) is 0 Å². The van der Waals surface area contributed by atoms with Crippen LogP contribution in [0.1, 0.15) is 12.8 Å². The zero-order valence-electron chi connectivity index (χ0n) is 6.60. The van der Waals surface area contributed by atoms with Gasteiger partial charge < -0.3 is 9.84 Å². The summed E-state index contributed by atoms with van der Waals surface area (Å²) in [5.74, 6) is 0. The first-order chi connectivity index (χ1) is 5.27. The molecule has 0 aromatic carbocycles. The van der Waals surface area contributed by atoms with E-state index >= 15 is 0 Å². The summed E-state index contributed by atoms with van der Waals surface area (Å²) in [6, 6.07) is 1.02. The number of aliphatic hydroxyl groups excluding tert-OH is 1. The van der Waals surface area contributed by atoms with Gasteiger partial charge in [-0.05, 0) is 19.9 Å². The number of piperidine rings is 1. The number of nitrogens with zero attached hydrogens (tertiary/aromatic N) is 1. The van der Waals surface area contributed by atoms with Crippen LogP contribution in [-0.2, 0) is 4.74 Å². The summed E-state index contributed by atoms with van der Waals surface area (Å²) in [6.07, 6.45) is 2.67. The number of epoxide rings is 1. The van der Waals surface area contributed by atoms with E-state index in [1.54, 1.807) is 0 Å². The minimum absolute atomic E-state index is 0.0717. The Morgan fingerprint density at radius 2 is 1.82 bits per heavy atom. The number of aliphatic hydroxyl groups is 1. The fourth-order valence-electron chi connectivity index (χ4n) is 2.72. The highest BCUT2D eigenvalue weighted by atomic mass is 16.6. The summed E-state index contributed by atoms with van der Waals surface area (Å²) in [4.78, 5) is 2.38. The molecular weight excluding hydrogens is 142 g/mol. The topological polar surface area (TPSA) is 36.0 Å². The van der Waals surface area contributed by atoms with Crippen LogP contribution in [0.2, 0.25) is 0 Å². The predicted molar refractivity (Wildman–Crippen MR) is 39.2 cm³/mol. The molecule has 62 valence electrons. The van der Waals surface area contributed by atoms with Gasteiger partial charge in [0.25, 0.3) is 0 Å². The van der Waals surface area contributed by atoms with Gasteiger partial charge in [0.1, 0.15) is 12.2 Å². The van der Waals surface area contributed by atoms with Gasteiger partial charge in [0, 0.05) is 12.1 Å². The third-order valence-electron chi connectivity index (χ3n) is 3.39. The van der Waals surface area contributed by atoms with Crippen LogP contribution >= 0.6 is 0 Å². The molecule has 3 saturated heterocycles. The number of rotatable bonds is 0. The van der Waals surface area contributed by atoms with Crippen LogP contribution in [0, 0.1) is 0 Å². The van der Waals surface area contributed by atoms with Gasteiger partial charge in [-0.15, -0.1) is 0 Å². The van der Waals surface area contributed by atoms with Gasteiger partial charge >= 0.3 is 0 Å². The maximum absolute atomic E-state index is 9.46. The molecule has 0 aromatic heterocycles. The second kappa shape index (κ2) is 1.79. The van der Waals surface area contributed by atoms with Crippen molar-refractivity contribution in [3.05, 3.63) is 0 Å². The molecule has 11 heavy (non-hydrogen) atoms. The summed E-state index contributed by atoms with van der Waals surface area (Å²) in [5.41, 5.74) is 0. The highest BCUT2D eigenvalue weighted by Gasteiger charge is 2.62. The lowest BCUT2D eigenvalue weighted by atomic mass is 10.00. The van der Waals surface area contributed by atoms with E-state index < -0.39 is 0 Å². The molecule has 3 nitrogen and oxygen atoms in total. The fourth-order valence-corrected chi connectivity index (χ4v) is 2.72. The Bertz CT molecular complexity index is 179. The van der Waals surface area contributed by atoms with Gasteiger partial charge in [-0.25, -0.2) is 0 Å². The van der Waals surface area contributed by atoms with Crippen molar-refractivity contribution in [1.29, 1.82) is 0 Å². The molecular formula is C8H13NO2. The molecule has 1 unspecified atom stereocenters. The minimum Gasteiger partial charge on any atom is -0.393 e. The van der Waals surface area contributed by atoms with Crippen LogP contribution < -0.4 is 0 Å². The van der Waals surface area contributed by atoms with E-state index in [1.807, 2.05) is 0 Å². The molecule has 3 heteroatoms. The molecule has 5 atom stereocenters. The minimum atomic E-state index is -0.0717. The summed E-state index contributed by atoms with van der Waals surface area (Å²) in [5, 5.41) is 9.46. The molecule has 2 bridgehead atoms. The van der Waals surface area contributed by atoms with Crippen molar-refractivity contribution in [3.63, 3.8) is 0 Å². The number of hydrogen-bond acceptors (Lipinski definition) is 3. The van der Waals surface area contributed by atoms with Gasteiger partial charge in [0.05, 0.1) is 6.10 Å². The van der Waals surface area contributed by atoms with E-state index in [0.717, 1.165) is 12.8 Å². The van der Waals surface area contributed by atoms with Crippen molar-refractivity contribution in [2.75, 3.05) is 7.05 Å². The Labute approximate surface area is 65.9 Å². The Kier molecular flexibility index (Phi) is 1.04. The highest BCUT2D eigenvalue weighted by molar-refractivity contribution is 5.13. The lowest BCUT2D eigenvalue weighted by Crippen LogP contribution is -2.46. The van der Waals surface area contributed by atoms with Crippen molar-refractivity contribution >= 4 is 0 Å². The fraction of sp³-hybridized carbons (Fsp3) is 1.00. The molecule has 3 rings (SSSR count). The first-order valence-electron chi connectivity index (χ1n) is 4.33. The monoisotopic (exact) mass is 155 g/mol. The zero-order valence-corrected chi connectivity index (χ0v) is 6.60. The molecule has 3 aliphatic rings. The van der Waals surface area contributed by atoms with Gasteiger partial charge in [-0.2, -0.15) is 0 Å². The summed E-state index contributed by atoms with van der Waals surface area (Å²) in [6.45, 7) is 0. The standard InChI is InChI=1S/C8H13NO2/c1-9-5-2-4(10)3-6(9)8-7(5)11-8/h4-8,10H,2-3H2,1H3/t4?,5-,6+,7-,8-/m0/s1. The number of morpholine rings is 1. The number of fused-ring (bicyclic) bond motifs is 5. The van der Waals surface area contributed by atoms with Gasteiger partial charge in [-0.1, -0.05) is 0 Å². The number of hydrogen-bond donors (Lipinski definition) is 1. The van der Waals surface area contributed by atoms with E-state index in [9.17, 15) is 5.11 Å². The van der Waals surface area contributed by atoms with Crippen molar-refractivity contribution in [3.8, 4) is 0 Å². The number of likely N-dealkylation sites (N-methyl/N-ethyl adjacent to an activating group) is 1. The van der Waals surface area contributed by atoms with Crippen LogP contribution in [0.4, 0.5) is 0 Å². The van der Waals surface area contributed by atoms with Crippen LogP contribution in [0.15, 0.2) is 0 Å². The Morgan fingerprint density at radius 3 is 2.36 bits per heavy atom. The second-order valence-corrected chi connectivity index (χ2v) is 3.99. The second-order valence-electron chi connectivity index (χ2n) is 3.99. The molecule has 1 N–H and O–H groups in total. The molecule has 0 amide bonds. The molecule has 0 radical (unpaired) electrons. The summed E-state index contributed by atoms with van der Waals surface area (Å²) < 4.78 is 5.49. The van der Waals surface area contributed by atoms with Crippen molar-refractivity contribution in [1.82, 2.24) is 4.90 Å². The van der Waals surface area contributed by atoms with E-state index in [4.69, 9.17) is 4.74 Å². The van der Waals surface area contributed by atoms with Crippen molar-refractivity contribution in [2.45, 2.75) is 43.2 Å². The third kappa shape index (κ3) is 0.687. The SMILES string of the molecule is CN1[C@@H]2CC(O)C[C@H]1[C@@H]1O[C@H]12. The normalized spacial score (nSPS) is 61.1. The quantitative estimate of drug-likeness (QED) is 0.483. The predicted octanol–water partition coefficient (Wildman–Crippen LogP) is -0.409. The molecule has 0 saturated carbocycles. The number of ether oxygens (including phenoxy) is 1. The van der Waals surface area contributed by atoms with Crippen LogP contribution in [0.25, 0.3) is 0 Å². The zero-order chi connectivity index (χ0) is 7.59. The van der Waals surface area contributed by atoms with Crippen molar-refractivity contribution < 1.29 is 9.84 Å². The molecule has 0 aliphatic carbocycles. The third-order valence-corrected chi connectivity index (χ3v) is 3.39. The lowest BCUT2D eigenvalue weighted by Gasteiger charge is -2.36. The highest BCUT2D eigenvalue weighted by Crippen LogP contribution is 2.47. The summed E-state index contributed by atoms with van der Waals surface area (Å²) in [7, 11) is 2.15. The first-order valence-corrected chi connectivity index (χ1v) is 4.33.